The highest BCUT2D eigenvalue weighted by atomic mass is 16.2. The number of imidazole rings is 1. The lowest BCUT2D eigenvalue weighted by atomic mass is 10.1. The number of benzene rings is 1. The molecular weight excluding hydrogens is 260 g/mol. The van der Waals surface area contributed by atoms with Crippen LogP contribution in [0.3, 0.4) is 0 Å². The van der Waals surface area contributed by atoms with Gasteiger partial charge in [0.15, 0.2) is 0 Å². The molecule has 0 saturated heterocycles. The summed E-state index contributed by atoms with van der Waals surface area (Å²) in [5.74, 6) is 1.48. The van der Waals surface area contributed by atoms with Gasteiger partial charge in [-0.25, -0.2) is 4.98 Å². The van der Waals surface area contributed by atoms with Crippen LogP contribution in [0.5, 0.6) is 0 Å². The third kappa shape index (κ3) is 2.04. The molecule has 1 aliphatic heterocycles. The van der Waals surface area contributed by atoms with E-state index in [1.54, 1.807) is 4.57 Å². The summed E-state index contributed by atoms with van der Waals surface area (Å²) in [5.41, 5.74) is 3.65. The van der Waals surface area contributed by atoms with Crippen LogP contribution in [0.2, 0.25) is 0 Å². The number of allylic oxidation sites excluding steroid dienone is 4. The topological polar surface area (TPSA) is 34.9 Å². The second-order valence-corrected chi connectivity index (χ2v) is 5.38. The molecule has 0 fully saturated rings. The Labute approximate surface area is 125 Å². The van der Waals surface area contributed by atoms with Crippen LogP contribution < -0.4 is 0 Å². The SMILES string of the molecule is CC.CC1CC=C2C(=O)n3c(nc4ccccc43)C2=CC1. The maximum absolute atomic E-state index is 12.6. The predicted molar refractivity (Wildman–Crippen MR) is 86.2 cm³/mol. The van der Waals surface area contributed by atoms with Crippen molar-refractivity contribution in [2.24, 2.45) is 5.92 Å². The normalized spacial score (nSPS) is 20.0. The summed E-state index contributed by atoms with van der Waals surface area (Å²) < 4.78 is 1.75. The molecule has 0 saturated carbocycles. The third-order valence-electron chi connectivity index (χ3n) is 3.97. The smallest absolute Gasteiger partial charge is 0.264 e. The van der Waals surface area contributed by atoms with Gasteiger partial charge in [-0.1, -0.05) is 45.1 Å². The molecule has 1 aromatic heterocycles. The summed E-state index contributed by atoms with van der Waals surface area (Å²) >= 11 is 0. The number of fused-ring (bicyclic) bond motifs is 5. The Morgan fingerprint density at radius 3 is 2.52 bits per heavy atom. The van der Waals surface area contributed by atoms with Crippen LogP contribution in [0.15, 0.2) is 42.0 Å². The Morgan fingerprint density at radius 2 is 1.76 bits per heavy atom. The summed E-state index contributed by atoms with van der Waals surface area (Å²) in [5, 5.41) is 0. The van der Waals surface area contributed by atoms with E-state index in [0.717, 1.165) is 40.8 Å². The van der Waals surface area contributed by atoms with Gasteiger partial charge in [0, 0.05) is 11.1 Å². The van der Waals surface area contributed by atoms with Crippen molar-refractivity contribution in [3.63, 3.8) is 0 Å². The molecule has 0 bridgehead atoms. The van der Waals surface area contributed by atoms with Crippen molar-refractivity contribution >= 4 is 22.5 Å². The van der Waals surface area contributed by atoms with Crippen LogP contribution in [0.4, 0.5) is 0 Å². The average Bonchev–Trinajstić information content (AvgIpc) is 2.93. The Morgan fingerprint density at radius 1 is 1.10 bits per heavy atom. The van der Waals surface area contributed by atoms with Crippen LogP contribution in [0.25, 0.3) is 16.6 Å². The molecule has 0 spiro atoms. The Hall–Kier alpha value is -2.16. The highest BCUT2D eigenvalue weighted by molar-refractivity contribution is 6.18. The van der Waals surface area contributed by atoms with E-state index >= 15 is 0 Å². The fraction of sp³-hybridized carbons (Fsp3) is 0.333. The first-order chi connectivity index (χ1) is 10.3. The van der Waals surface area contributed by atoms with E-state index < -0.39 is 0 Å². The van der Waals surface area contributed by atoms with Crippen molar-refractivity contribution in [2.45, 2.75) is 33.6 Å². The number of hydrogen-bond donors (Lipinski definition) is 0. The van der Waals surface area contributed by atoms with E-state index in [1.807, 2.05) is 38.1 Å². The van der Waals surface area contributed by atoms with E-state index in [2.05, 4.69) is 24.1 Å². The van der Waals surface area contributed by atoms with Crippen molar-refractivity contribution in [1.82, 2.24) is 9.55 Å². The molecule has 0 N–H and O–H groups in total. The lowest BCUT2D eigenvalue weighted by molar-refractivity contribution is 0.0972. The minimum absolute atomic E-state index is 0.0732. The van der Waals surface area contributed by atoms with Gasteiger partial charge >= 0.3 is 0 Å². The van der Waals surface area contributed by atoms with E-state index in [4.69, 9.17) is 0 Å². The number of carbonyl (C=O) groups is 1. The van der Waals surface area contributed by atoms with E-state index in [0.29, 0.717) is 5.92 Å². The quantitative estimate of drug-likeness (QED) is 0.714. The van der Waals surface area contributed by atoms with Gasteiger partial charge in [0.2, 0.25) is 0 Å². The molecule has 4 rings (SSSR count). The monoisotopic (exact) mass is 280 g/mol. The molecule has 0 radical (unpaired) electrons. The summed E-state index contributed by atoms with van der Waals surface area (Å²) in [4.78, 5) is 17.2. The van der Waals surface area contributed by atoms with Crippen LogP contribution >= 0.6 is 0 Å². The first-order valence-corrected chi connectivity index (χ1v) is 7.69. The van der Waals surface area contributed by atoms with Crippen molar-refractivity contribution in [1.29, 1.82) is 0 Å². The molecule has 1 unspecified atom stereocenters. The van der Waals surface area contributed by atoms with Gasteiger partial charge in [-0.15, -0.1) is 0 Å². The molecule has 2 aromatic rings. The number of aromatic nitrogens is 2. The fourth-order valence-electron chi connectivity index (χ4n) is 2.90. The van der Waals surface area contributed by atoms with Crippen molar-refractivity contribution < 1.29 is 4.79 Å². The Bertz CT molecular complexity index is 765. The molecule has 108 valence electrons. The van der Waals surface area contributed by atoms with Crippen molar-refractivity contribution in [2.75, 3.05) is 0 Å². The highest BCUT2D eigenvalue weighted by Gasteiger charge is 2.33. The maximum Gasteiger partial charge on any atom is 0.264 e. The summed E-state index contributed by atoms with van der Waals surface area (Å²) in [6.07, 6.45) is 6.22. The van der Waals surface area contributed by atoms with Crippen LogP contribution in [0.1, 0.15) is 44.2 Å². The lowest BCUT2D eigenvalue weighted by Gasteiger charge is -2.02. The molecular formula is C18H20N2O. The highest BCUT2D eigenvalue weighted by Crippen LogP contribution is 2.37. The maximum atomic E-state index is 12.6. The van der Waals surface area contributed by atoms with Gasteiger partial charge in [-0.05, 0) is 30.9 Å². The first-order valence-electron chi connectivity index (χ1n) is 7.69. The summed E-state index contributed by atoms with van der Waals surface area (Å²) in [6, 6.07) is 7.81. The largest absolute Gasteiger partial charge is 0.268 e. The van der Waals surface area contributed by atoms with Gasteiger partial charge < -0.3 is 0 Å². The van der Waals surface area contributed by atoms with Gasteiger partial charge in [0.05, 0.1) is 11.0 Å². The number of hydrogen-bond acceptors (Lipinski definition) is 2. The minimum atomic E-state index is 0.0732. The first kappa shape index (κ1) is 13.8. The van der Waals surface area contributed by atoms with Crippen molar-refractivity contribution in [3.05, 3.63) is 47.8 Å². The fourth-order valence-corrected chi connectivity index (χ4v) is 2.90. The van der Waals surface area contributed by atoms with Gasteiger partial charge in [-0.2, -0.15) is 0 Å². The van der Waals surface area contributed by atoms with Crippen LogP contribution in [-0.2, 0) is 0 Å². The predicted octanol–water partition coefficient (Wildman–Crippen LogP) is 4.46. The molecule has 3 heteroatoms. The number of carbonyl (C=O) groups excluding carboxylic acids is 1. The Kier molecular flexibility index (Phi) is 3.50. The summed E-state index contributed by atoms with van der Waals surface area (Å²) in [6.45, 7) is 6.21. The van der Waals surface area contributed by atoms with Crippen molar-refractivity contribution in [3.8, 4) is 0 Å². The molecule has 21 heavy (non-hydrogen) atoms. The van der Waals surface area contributed by atoms with E-state index in [1.165, 1.54) is 0 Å². The van der Waals surface area contributed by atoms with Crippen LogP contribution in [-0.4, -0.2) is 15.5 Å². The van der Waals surface area contributed by atoms with Gasteiger partial charge in [0.25, 0.3) is 5.91 Å². The molecule has 1 aromatic carbocycles. The van der Waals surface area contributed by atoms with Gasteiger partial charge in [-0.3, -0.25) is 9.36 Å². The molecule has 1 aliphatic carbocycles. The van der Waals surface area contributed by atoms with E-state index in [-0.39, 0.29) is 5.91 Å². The molecule has 0 amide bonds. The van der Waals surface area contributed by atoms with Gasteiger partial charge in [0.1, 0.15) is 5.82 Å². The number of para-hydroxylation sites is 2. The lowest BCUT2D eigenvalue weighted by Crippen LogP contribution is -2.05. The molecule has 2 aliphatic rings. The zero-order valence-corrected chi connectivity index (χ0v) is 12.8. The summed E-state index contributed by atoms with van der Waals surface area (Å²) in [7, 11) is 0. The Balaban J connectivity index is 0.000000636. The van der Waals surface area contributed by atoms with E-state index in [9.17, 15) is 4.79 Å². The standard InChI is InChI=1S/C16H14N2O.C2H6/c1-10-6-8-11-12(9-7-10)16(19)18-14-5-3-2-4-13(14)17-15(11)18;1-2/h2-5,8-10H,6-7H2,1H3;1-2H3. The third-order valence-corrected chi connectivity index (χ3v) is 3.97. The molecule has 3 nitrogen and oxygen atoms in total. The second-order valence-electron chi connectivity index (χ2n) is 5.38. The zero-order valence-electron chi connectivity index (χ0n) is 12.8. The molecule has 1 atom stereocenters. The minimum Gasteiger partial charge on any atom is -0.268 e. The zero-order chi connectivity index (χ0) is 15.0. The number of rotatable bonds is 0. The number of nitrogens with zero attached hydrogens (tertiary/aromatic N) is 2. The average molecular weight is 280 g/mol. The second kappa shape index (κ2) is 5.32. The molecule has 2 heterocycles. The van der Waals surface area contributed by atoms with Crippen LogP contribution in [0, 0.1) is 5.92 Å².